The van der Waals surface area contributed by atoms with Crippen LogP contribution >= 0.6 is 0 Å². The van der Waals surface area contributed by atoms with Gasteiger partial charge in [0.15, 0.2) is 0 Å². The third-order valence-electron chi connectivity index (χ3n) is 3.71. The van der Waals surface area contributed by atoms with Crippen LogP contribution in [0.25, 0.3) is 0 Å². The summed E-state index contributed by atoms with van der Waals surface area (Å²) in [6.07, 6.45) is 3.01. The number of piperidine rings is 1. The zero-order valence-corrected chi connectivity index (χ0v) is 11.5. The van der Waals surface area contributed by atoms with Gasteiger partial charge in [-0.3, -0.25) is 4.79 Å². The molecule has 0 aliphatic carbocycles. The maximum atomic E-state index is 13.4. The van der Waals surface area contributed by atoms with Gasteiger partial charge in [0.05, 0.1) is 0 Å². The van der Waals surface area contributed by atoms with Crippen molar-refractivity contribution in [2.45, 2.75) is 45.2 Å². The van der Waals surface area contributed by atoms with Crippen molar-refractivity contribution in [1.82, 2.24) is 4.90 Å². The molecule has 2 N–H and O–H groups in total. The Morgan fingerprint density at radius 3 is 2.79 bits per heavy atom. The summed E-state index contributed by atoms with van der Waals surface area (Å²) in [5, 5.41) is 0. The van der Waals surface area contributed by atoms with Crippen LogP contribution < -0.4 is 5.73 Å². The number of amides is 1. The Balaban J connectivity index is 2.26. The molecule has 0 saturated carbocycles. The molecule has 104 valence electrons. The molecule has 0 aromatic heterocycles. The molecular weight excluding hydrogens is 243 g/mol. The minimum atomic E-state index is -0.363. The number of benzene rings is 1. The molecule has 1 saturated heterocycles. The van der Waals surface area contributed by atoms with Gasteiger partial charge in [-0.05, 0) is 56.9 Å². The van der Waals surface area contributed by atoms with Crippen LogP contribution in [0.3, 0.4) is 0 Å². The van der Waals surface area contributed by atoms with Crippen molar-refractivity contribution in [2.75, 3.05) is 6.54 Å². The molecule has 3 nitrogen and oxygen atoms in total. The van der Waals surface area contributed by atoms with Crippen LogP contribution in [0.15, 0.2) is 18.2 Å². The first-order chi connectivity index (χ1) is 8.99. The number of hydrogen-bond acceptors (Lipinski definition) is 2. The van der Waals surface area contributed by atoms with E-state index in [2.05, 4.69) is 0 Å². The fourth-order valence-corrected chi connectivity index (χ4v) is 2.78. The van der Waals surface area contributed by atoms with Crippen molar-refractivity contribution in [2.24, 2.45) is 5.73 Å². The van der Waals surface area contributed by atoms with Gasteiger partial charge in [-0.25, -0.2) is 4.39 Å². The van der Waals surface area contributed by atoms with Gasteiger partial charge in [0, 0.05) is 24.2 Å². The molecule has 1 heterocycles. The molecule has 1 fully saturated rings. The highest BCUT2D eigenvalue weighted by atomic mass is 19.1. The molecule has 2 rings (SSSR count). The largest absolute Gasteiger partial charge is 0.334 e. The maximum Gasteiger partial charge on any atom is 0.254 e. The van der Waals surface area contributed by atoms with E-state index < -0.39 is 0 Å². The quantitative estimate of drug-likeness (QED) is 0.892. The number of likely N-dealkylation sites (tertiary alicyclic amines) is 1. The van der Waals surface area contributed by atoms with Crippen molar-refractivity contribution < 1.29 is 9.18 Å². The molecule has 0 spiro atoms. The molecule has 1 aromatic rings. The van der Waals surface area contributed by atoms with Crippen LogP contribution in [0.2, 0.25) is 0 Å². The molecule has 1 amide bonds. The predicted molar refractivity (Wildman–Crippen MR) is 73.5 cm³/mol. The number of hydrogen-bond donors (Lipinski definition) is 1. The number of carbonyl (C=O) groups is 1. The van der Waals surface area contributed by atoms with Crippen molar-refractivity contribution in [3.8, 4) is 0 Å². The Morgan fingerprint density at radius 1 is 1.42 bits per heavy atom. The molecule has 1 aromatic carbocycles. The topological polar surface area (TPSA) is 46.3 Å². The second-order valence-corrected chi connectivity index (χ2v) is 5.44. The molecule has 0 unspecified atom stereocenters. The number of nitrogens with zero attached hydrogens (tertiary/aromatic N) is 1. The standard InChI is InChI=1S/C15H21FN2O/c1-10-7-12(9-13(16)8-10)15(19)18-6-4-3-5-14(18)11(2)17/h7-9,11,14H,3-6,17H2,1-2H3/t11-,14-/m1/s1. The van der Waals surface area contributed by atoms with Crippen molar-refractivity contribution in [3.05, 3.63) is 35.1 Å². The van der Waals surface area contributed by atoms with Crippen LogP contribution in [-0.2, 0) is 0 Å². The Hall–Kier alpha value is -1.42. The zero-order valence-electron chi connectivity index (χ0n) is 11.5. The molecule has 0 bridgehead atoms. The number of rotatable bonds is 2. The Labute approximate surface area is 113 Å². The first-order valence-electron chi connectivity index (χ1n) is 6.83. The third kappa shape index (κ3) is 3.13. The lowest BCUT2D eigenvalue weighted by molar-refractivity contribution is 0.0583. The summed E-state index contributed by atoms with van der Waals surface area (Å²) in [7, 11) is 0. The summed E-state index contributed by atoms with van der Waals surface area (Å²) in [5.41, 5.74) is 7.15. The van der Waals surface area contributed by atoms with Gasteiger partial charge in [0.2, 0.25) is 0 Å². The van der Waals surface area contributed by atoms with E-state index in [0.717, 1.165) is 24.8 Å². The normalized spacial score (nSPS) is 21.3. The molecule has 1 aliphatic heterocycles. The first-order valence-corrected chi connectivity index (χ1v) is 6.83. The summed E-state index contributed by atoms with van der Waals surface area (Å²) in [4.78, 5) is 14.3. The van der Waals surface area contributed by atoms with Gasteiger partial charge >= 0.3 is 0 Å². The Morgan fingerprint density at radius 2 is 2.16 bits per heavy atom. The summed E-state index contributed by atoms with van der Waals surface area (Å²) in [6.45, 7) is 4.42. The summed E-state index contributed by atoms with van der Waals surface area (Å²) >= 11 is 0. The van der Waals surface area contributed by atoms with Crippen LogP contribution in [0, 0.1) is 12.7 Å². The average molecular weight is 264 g/mol. The fraction of sp³-hybridized carbons (Fsp3) is 0.533. The minimum Gasteiger partial charge on any atom is -0.334 e. The Kier molecular flexibility index (Phi) is 4.20. The van der Waals surface area contributed by atoms with E-state index in [4.69, 9.17) is 5.73 Å². The number of carbonyl (C=O) groups excluding carboxylic acids is 1. The molecule has 0 radical (unpaired) electrons. The Bertz CT molecular complexity index is 453. The van der Waals surface area contributed by atoms with Gasteiger partial charge < -0.3 is 10.6 Å². The van der Waals surface area contributed by atoms with Gasteiger partial charge in [0.25, 0.3) is 5.91 Å². The van der Waals surface area contributed by atoms with E-state index in [9.17, 15) is 9.18 Å². The highest BCUT2D eigenvalue weighted by molar-refractivity contribution is 5.94. The van der Waals surface area contributed by atoms with Crippen LogP contribution in [0.5, 0.6) is 0 Å². The van der Waals surface area contributed by atoms with Crippen molar-refractivity contribution >= 4 is 5.91 Å². The smallest absolute Gasteiger partial charge is 0.254 e. The molecule has 19 heavy (non-hydrogen) atoms. The molecule has 2 atom stereocenters. The van der Waals surface area contributed by atoms with E-state index in [1.54, 1.807) is 13.0 Å². The fourth-order valence-electron chi connectivity index (χ4n) is 2.78. The van der Waals surface area contributed by atoms with Crippen molar-refractivity contribution in [1.29, 1.82) is 0 Å². The number of nitrogens with two attached hydrogens (primary N) is 1. The first kappa shape index (κ1) is 14.0. The van der Waals surface area contributed by atoms with E-state index in [-0.39, 0.29) is 23.8 Å². The predicted octanol–water partition coefficient (Wildman–Crippen LogP) is 2.48. The second kappa shape index (κ2) is 5.70. The average Bonchev–Trinajstić information content (AvgIpc) is 2.36. The van der Waals surface area contributed by atoms with Crippen LogP contribution in [0.1, 0.15) is 42.1 Å². The molecule has 1 aliphatic rings. The van der Waals surface area contributed by atoms with Gasteiger partial charge in [-0.15, -0.1) is 0 Å². The summed E-state index contributed by atoms with van der Waals surface area (Å²) in [5.74, 6) is -0.470. The number of aryl methyl sites for hydroxylation is 1. The summed E-state index contributed by atoms with van der Waals surface area (Å²) < 4.78 is 13.4. The SMILES string of the molecule is Cc1cc(F)cc(C(=O)N2CCCC[C@@H]2[C@@H](C)N)c1. The third-order valence-corrected chi connectivity index (χ3v) is 3.71. The zero-order chi connectivity index (χ0) is 14.0. The highest BCUT2D eigenvalue weighted by Crippen LogP contribution is 2.22. The molecule has 4 heteroatoms. The van der Waals surface area contributed by atoms with E-state index in [1.165, 1.54) is 12.1 Å². The number of halogens is 1. The minimum absolute atomic E-state index is 0.0566. The van der Waals surface area contributed by atoms with E-state index in [0.29, 0.717) is 12.1 Å². The second-order valence-electron chi connectivity index (χ2n) is 5.44. The monoisotopic (exact) mass is 264 g/mol. The summed E-state index contributed by atoms with van der Waals surface area (Å²) in [6, 6.07) is 4.47. The van der Waals surface area contributed by atoms with Crippen LogP contribution in [0.4, 0.5) is 4.39 Å². The van der Waals surface area contributed by atoms with Crippen molar-refractivity contribution in [3.63, 3.8) is 0 Å². The van der Waals surface area contributed by atoms with Crippen LogP contribution in [-0.4, -0.2) is 29.4 Å². The lowest BCUT2D eigenvalue weighted by Crippen LogP contribution is -2.51. The highest BCUT2D eigenvalue weighted by Gasteiger charge is 2.29. The maximum absolute atomic E-state index is 13.4. The van der Waals surface area contributed by atoms with E-state index >= 15 is 0 Å². The lowest BCUT2D eigenvalue weighted by Gasteiger charge is -2.38. The van der Waals surface area contributed by atoms with Gasteiger partial charge in [-0.1, -0.05) is 0 Å². The van der Waals surface area contributed by atoms with Gasteiger partial charge in [0.1, 0.15) is 5.82 Å². The van der Waals surface area contributed by atoms with Gasteiger partial charge in [-0.2, -0.15) is 0 Å². The lowest BCUT2D eigenvalue weighted by atomic mass is 9.96. The van der Waals surface area contributed by atoms with E-state index in [1.807, 2.05) is 11.8 Å². The molecular formula is C15H21FN2O.